The van der Waals surface area contributed by atoms with E-state index in [-0.39, 0.29) is 6.10 Å². The van der Waals surface area contributed by atoms with Gasteiger partial charge in [-0.25, -0.2) is 0 Å². The smallest absolute Gasteiger partial charge is 0.119 e. The topological polar surface area (TPSA) is 37.3 Å². The lowest BCUT2D eigenvalue weighted by molar-refractivity contribution is -0.108. The summed E-state index contributed by atoms with van der Waals surface area (Å²) in [5.74, 6) is 0. The van der Waals surface area contributed by atoms with Crippen molar-refractivity contribution >= 4 is 6.29 Å². The van der Waals surface area contributed by atoms with Gasteiger partial charge in [0.15, 0.2) is 0 Å². The summed E-state index contributed by atoms with van der Waals surface area (Å²) in [7, 11) is 0. The van der Waals surface area contributed by atoms with Gasteiger partial charge in [-0.3, -0.25) is 0 Å². The van der Waals surface area contributed by atoms with E-state index in [1.54, 1.807) is 0 Å². The normalized spacial score (nSPS) is 12.4. The van der Waals surface area contributed by atoms with Gasteiger partial charge in [0, 0.05) is 6.42 Å². The summed E-state index contributed by atoms with van der Waals surface area (Å²) < 4.78 is 0. The molecule has 76 valence electrons. The molecule has 0 aliphatic carbocycles. The molecule has 0 saturated carbocycles. The average molecular weight is 192 g/mol. The highest BCUT2D eigenvalue weighted by atomic mass is 16.3. The zero-order valence-corrected chi connectivity index (χ0v) is 8.23. The third kappa shape index (κ3) is 4.19. The number of aliphatic hydroxyl groups is 1. The van der Waals surface area contributed by atoms with Crippen molar-refractivity contribution in [1.29, 1.82) is 0 Å². The van der Waals surface area contributed by atoms with Crippen LogP contribution in [-0.4, -0.2) is 17.5 Å². The van der Waals surface area contributed by atoms with Crippen LogP contribution in [0.1, 0.15) is 24.8 Å². The molecule has 0 heterocycles. The molecule has 0 radical (unpaired) electrons. The maximum absolute atomic E-state index is 10.1. The van der Waals surface area contributed by atoms with Gasteiger partial charge in [0.05, 0.1) is 6.10 Å². The number of unbranched alkanes of at least 4 members (excludes halogenated alkanes) is 1. The number of carbonyl (C=O) groups excluding carboxylic acids is 1. The number of carbonyl (C=O) groups is 1. The van der Waals surface area contributed by atoms with Crippen LogP contribution < -0.4 is 0 Å². The maximum atomic E-state index is 10.1. The van der Waals surface area contributed by atoms with E-state index in [9.17, 15) is 9.90 Å². The molecule has 1 atom stereocenters. The van der Waals surface area contributed by atoms with E-state index in [4.69, 9.17) is 0 Å². The van der Waals surface area contributed by atoms with Gasteiger partial charge in [-0.2, -0.15) is 0 Å². The molecule has 0 spiro atoms. The Morgan fingerprint density at radius 1 is 1.29 bits per heavy atom. The highest BCUT2D eigenvalue weighted by Crippen LogP contribution is 2.07. The number of rotatable bonds is 6. The Morgan fingerprint density at radius 2 is 2.00 bits per heavy atom. The molecule has 0 bridgehead atoms. The van der Waals surface area contributed by atoms with Crippen LogP contribution >= 0.6 is 0 Å². The minimum atomic E-state index is -0.322. The SMILES string of the molecule is O=CCCCC(O)Cc1ccccc1. The van der Waals surface area contributed by atoms with Crippen molar-refractivity contribution in [3.05, 3.63) is 35.9 Å². The lowest BCUT2D eigenvalue weighted by Crippen LogP contribution is -2.10. The molecule has 0 fully saturated rings. The molecule has 0 saturated heterocycles. The maximum Gasteiger partial charge on any atom is 0.119 e. The minimum Gasteiger partial charge on any atom is -0.393 e. The highest BCUT2D eigenvalue weighted by molar-refractivity contribution is 5.48. The minimum absolute atomic E-state index is 0.322. The average Bonchev–Trinajstić information content (AvgIpc) is 2.20. The monoisotopic (exact) mass is 192 g/mol. The molecule has 0 aromatic heterocycles. The Labute approximate surface area is 84.6 Å². The molecule has 2 heteroatoms. The number of aliphatic hydroxyl groups excluding tert-OH is 1. The first-order valence-corrected chi connectivity index (χ1v) is 4.98. The van der Waals surface area contributed by atoms with Crippen molar-refractivity contribution in [2.75, 3.05) is 0 Å². The van der Waals surface area contributed by atoms with Gasteiger partial charge in [-0.05, 0) is 24.8 Å². The summed E-state index contributed by atoms with van der Waals surface area (Å²) in [4.78, 5) is 10.1. The third-order valence-corrected chi connectivity index (χ3v) is 2.17. The lowest BCUT2D eigenvalue weighted by Gasteiger charge is -2.08. The summed E-state index contributed by atoms with van der Waals surface area (Å²) in [6, 6.07) is 9.90. The Kier molecular flexibility index (Phi) is 4.94. The third-order valence-electron chi connectivity index (χ3n) is 2.17. The molecule has 1 aromatic rings. The van der Waals surface area contributed by atoms with Gasteiger partial charge in [-0.15, -0.1) is 0 Å². The van der Waals surface area contributed by atoms with Crippen LogP contribution in [0.15, 0.2) is 30.3 Å². The summed E-state index contributed by atoms with van der Waals surface area (Å²) in [5, 5.41) is 9.61. The fourth-order valence-corrected chi connectivity index (χ4v) is 1.43. The Hall–Kier alpha value is -1.15. The second-order valence-electron chi connectivity index (χ2n) is 3.44. The fraction of sp³-hybridized carbons (Fsp3) is 0.417. The molecule has 14 heavy (non-hydrogen) atoms. The Bertz CT molecular complexity index is 256. The van der Waals surface area contributed by atoms with Crippen LogP contribution in [0.3, 0.4) is 0 Å². The molecular formula is C12H16O2. The summed E-state index contributed by atoms with van der Waals surface area (Å²) in [6.45, 7) is 0. The van der Waals surface area contributed by atoms with E-state index in [0.29, 0.717) is 19.3 Å². The quantitative estimate of drug-likeness (QED) is 0.552. The molecular weight excluding hydrogens is 176 g/mol. The first-order chi connectivity index (χ1) is 6.83. The van der Waals surface area contributed by atoms with Gasteiger partial charge < -0.3 is 9.90 Å². The van der Waals surface area contributed by atoms with Crippen LogP contribution in [0.4, 0.5) is 0 Å². The van der Waals surface area contributed by atoms with Crippen LogP contribution in [0.25, 0.3) is 0 Å². The van der Waals surface area contributed by atoms with E-state index < -0.39 is 0 Å². The van der Waals surface area contributed by atoms with Gasteiger partial charge in [0.1, 0.15) is 6.29 Å². The van der Waals surface area contributed by atoms with Gasteiger partial charge in [0.25, 0.3) is 0 Å². The first-order valence-electron chi connectivity index (χ1n) is 4.98. The second kappa shape index (κ2) is 6.33. The number of aldehydes is 1. The number of hydrogen-bond acceptors (Lipinski definition) is 2. The Morgan fingerprint density at radius 3 is 2.64 bits per heavy atom. The predicted octanol–water partition coefficient (Wildman–Crippen LogP) is 1.96. The molecule has 0 amide bonds. The van der Waals surface area contributed by atoms with Crippen molar-refractivity contribution in [3.8, 4) is 0 Å². The molecule has 1 aromatic carbocycles. The second-order valence-corrected chi connectivity index (χ2v) is 3.44. The number of benzene rings is 1. The summed E-state index contributed by atoms with van der Waals surface area (Å²) in [5.41, 5.74) is 1.14. The highest BCUT2D eigenvalue weighted by Gasteiger charge is 2.04. The van der Waals surface area contributed by atoms with Crippen molar-refractivity contribution in [1.82, 2.24) is 0 Å². The zero-order valence-electron chi connectivity index (χ0n) is 8.23. The van der Waals surface area contributed by atoms with Gasteiger partial charge >= 0.3 is 0 Å². The largest absolute Gasteiger partial charge is 0.393 e. The van der Waals surface area contributed by atoms with Gasteiger partial charge in [0.2, 0.25) is 0 Å². The van der Waals surface area contributed by atoms with Crippen molar-refractivity contribution < 1.29 is 9.90 Å². The molecule has 0 aliphatic rings. The molecule has 1 rings (SSSR count). The molecule has 1 unspecified atom stereocenters. The first kappa shape index (κ1) is 10.9. The number of hydrogen-bond donors (Lipinski definition) is 1. The molecule has 1 N–H and O–H groups in total. The standard InChI is InChI=1S/C12H16O2/c13-9-5-4-8-12(14)10-11-6-2-1-3-7-11/h1-3,6-7,9,12,14H,4-5,8,10H2. The predicted molar refractivity (Wildman–Crippen MR) is 56.1 cm³/mol. The van der Waals surface area contributed by atoms with Crippen molar-refractivity contribution in [2.24, 2.45) is 0 Å². The zero-order chi connectivity index (χ0) is 10.2. The lowest BCUT2D eigenvalue weighted by atomic mass is 10.0. The van der Waals surface area contributed by atoms with E-state index >= 15 is 0 Å². The van der Waals surface area contributed by atoms with Crippen LogP contribution in [0, 0.1) is 0 Å². The summed E-state index contributed by atoms with van der Waals surface area (Å²) >= 11 is 0. The fourth-order valence-electron chi connectivity index (χ4n) is 1.43. The van der Waals surface area contributed by atoms with E-state index in [1.165, 1.54) is 0 Å². The van der Waals surface area contributed by atoms with Gasteiger partial charge in [-0.1, -0.05) is 30.3 Å². The van der Waals surface area contributed by atoms with Crippen LogP contribution in [0.5, 0.6) is 0 Å². The van der Waals surface area contributed by atoms with Crippen LogP contribution in [0.2, 0.25) is 0 Å². The van der Waals surface area contributed by atoms with E-state index in [1.807, 2.05) is 30.3 Å². The van der Waals surface area contributed by atoms with Crippen molar-refractivity contribution in [2.45, 2.75) is 31.8 Å². The molecule has 2 nitrogen and oxygen atoms in total. The Balaban J connectivity index is 2.26. The summed E-state index contributed by atoms with van der Waals surface area (Å²) in [6.07, 6.45) is 3.28. The van der Waals surface area contributed by atoms with E-state index in [0.717, 1.165) is 18.3 Å². The van der Waals surface area contributed by atoms with Crippen LogP contribution in [-0.2, 0) is 11.2 Å². The molecule has 0 aliphatic heterocycles. The van der Waals surface area contributed by atoms with Crippen molar-refractivity contribution in [3.63, 3.8) is 0 Å². The van der Waals surface area contributed by atoms with E-state index in [2.05, 4.69) is 0 Å².